The van der Waals surface area contributed by atoms with E-state index in [0.717, 1.165) is 15.6 Å². The van der Waals surface area contributed by atoms with Gasteiger partial charge in [0.1, 0.15) is 4.60 Å². The first kappa shape index (κ1) is 12.2. The van der Waals surface area contributed by atoms with Crippen LogP contribution in [0.25, 0.3) is 0 Å². The molecule has 0 amide bonds. The number of methoxy groups -OCH3 is 1. The Bertz CT molecular complexity index is 259. The highest BCUT2D eigenvalue weighted by atomic mass is 79.9. The number of aromatic nitrogens is 2. The Hall–Kier alpha value is 0.0900. The monoisotopic (exact) mass is 326 g/mol. The van der Waals surface area contributed by atoms with Crippen molar-refractivity contribution in [1.82, 2.24) is 9.78 Å². The van der Waals surface area contributed by atoms with Gasteiger partial charge in [-0.05, 0) is 31.9 Å². The van der Waals surface area contributed by atoms with Gasteiger partial charge in [-0.2, -0.15) is 5.10 Å². The third kappa shape index (κ3) is 4.08. The summed E-state index contributed by atoms with van der Waals surface area (Å²) in [5.74, 6) is 0. The number of rotatable bonds is 6. The van der Waals surface area contributed by atoms with Crippen LogP contribution >= 0.6 is 31.9 Å². The van der Waals surface area contributed by atoms with E-state index in [-0.39, 0.29) is 0 Å². The lowest BCUT2D eigenvalue weighted by molar-refractivity contribution is 0.0654. The molecule has 4 nitrogen and oxygen atoms in total. The SMILES string of the molecule is COCCOCCn1cc(Br)c(Br)n1. The third-order valence-electron chi connectivity index (χ3n) is 1.57. The summed E-state index contributed by atoms with van der Waals surface area (Å²) in [7, 11) is 1.66. The van der Waals surface area contributed by atoms with Crippen LogP contribution in [0.2, 0.25) is 0 Å². The van der Waals surface area contributed by atoms with Gasteiger partial charge in [-0.15, -0.1) is 0 Å². The molecule has 0 spiro atoms. The second-order valence-corrected chi connectivity index (χ2v) is 4.24. The van der Waals surface area contributed by atoms with E-state index < -0.39 is 0 Å². The Balaban J connectivity index is 2.18. The molecule has 1 aromatic rings. The average molecular weight is 328 g/mol. The summed E-state index contributed by atoms with van der Waals surface area (Å²) in [6.07, 6.45) is 1.91. The molecule has 14 heavy (non-hydrogen) atoms. The summed E-state index contributed by atoms with van der Waals surface area (Å²) in [6, 6.07) is 0. The fraction of sp³-hybridized carbons (Fsp3) is 0.625. The highest BCUT2D eigenvalue weighted by Crippen LogP contribution is 2.19. The summed E-state index contributed by atoms with van der Waals surface area (Å²) < 4.78 is 13.8. The van der Waals surface area contributed by atoms with Gasteiger partial charge in [0.2, 0.25) is 0 Å². The average Bonchev–Trinajstić information content (AvgIpc) is 2.46. The van der Waals surface area contributed by atoms with Crippen molar-refractivity contribution < 1.29 is 9.47 Å². The maximum absolute atomic E-state index is 5.31. The Morgan fingerprint density at radius 1 is 1.36 bits per heavy atom. The van der Waals surface area contributed by atoms with Gasteiger partial charge >= 0.3 is 0 Å². The number of hydrogen-bond donors (Lipinski definition) is 0. The van der Waals surface area contributed by atoms with E-state index in [1.54, 1.807) is 7.11 Å². The molecule has 1 heterocycles. The van der Waals surface area contributed by atoms with Gasteiger partial charge in [-0.3, -0.25) is 4.68 Å². The fourth-order valence-corrected chi connectivity index (χ4v) is 1.51. The Kier molecular flexibility index (Phi) is 5.69. The lowest BCUT2D eigenvalue weighted by atomic mass is 10.6. The van der Waals surface area contributed by atoms with E-state index in [1.165, 1.54) is 0 Å². The normalized spacial score (nSPS) is 10.8. The number of ether oxygens (including phenoxy) is 2. The zero-order valence-corrected chi connectivity index (χ0v) is 11.0. The van der Waals surface area contributed by atoms with Crippen molar-refractivity contribution in [1.29, 1.82) is 0 Å². The van der Waals surface area contributed by atoms with Crippen molar-refractivity contribution in [3.63, 3.8) is 0 Å². The second-order valence-electron chi connectivity index (χ2n) is 2.64. The van der Waals surface area contributed by atoms with Gasteiger partial charge in [0.25, 0.3) is 0 Å². The fourth-order valence-electron chi connectivity index (χ4n) is 0.890. The first-order valence-corrected chi connectivity index (χ1v) is 5.77. The molecule has 0 aliphatic heterocycles. The van der Waals surface area contributed by atoms with Gasteiger partial charge < -0.3 is 9.47 Å². The number of nitrogens with zero attached hydrogens (tertiary/aromatic N) is 2. The maximum Gasteiger partial charge on any atom is 0.142 e. The van der Waals surface area contributed by atoms with E-state index in [0.29, 0.717) is 19.8 Å². The molecule has 0 bridgehead atoms. The minimum absolute atomic E-state index is 0.625. The maximum atomic E-state index is 5.31. The van der Waals surface area contributed by atoms with Crippen LogP contribution in [0.5, 0.6) is 0 Å². The van der Waals surface area contributed by atoms with Crippen molar-refractivity contribution in [2.45, 2.75) is 6.54 Å². The zero-order chi connectivity index (χ0) is 10.4. The lowest BCUT2D eigenvalue weighted by Crippen LogP contribution is -2.09. The molecule has 6 heteroatoms. The number of halogens is 2. The summed E-state index contributed by atoms with van der Waals surface area (Å²) in [4.78, 5) is 0. The van der Waals surface area contributed by atoms with Gasteiger partial charge in [0.05, 0.1) is 30.8 Å². The third-order valence-corrected chi connectivity index (χ3v) is 3.27. The van der Waals surface area contributed by atoms with E-state index >= 15 is 0 Å². The highest BCUT2D eigenvalue weighted by Gasteiger charge is 2.01. The van der Waals surface area contributed by atoms with Crippen LogP contribution in [0, 0.1) is 0 Å². The molecule has 0 aliphatic carbocycles. The molecule has 0 aliphatic rings. The van der Waals surface area contributed by atoms with Crippen LogP contribution in [-0.2, 0) is 16.0 Å². The molecule has 0 fully saturated rings. The molecule has 0 aromatic carbocycles. The Morgan fingerprint density at radius 3 is 2.71 bits per heavy atom. The summed E-state index contributed by atoms with van der Waals surface area (Å²) in [5.41, 5.74) is 0. The van der Waals surface area contributed by atoms with Crippen LogP contribution in [0.15, 0.2) is 15.3 Å². The molecule has 1 rings (SSSR count). The summed E-state index contributed by atoms with van der Waals surface area (Å²) in [6.45, 7) is 2.64. The molecule has 0 saturated carbocycles. The predicted octanol–water partition coefficient (Wildman–Crippen LogP) is 2.07. The molecule has 0 saturated heterocycles. The molecule has 80 valence electrons. The minimum atomic E-state index is 0.625. The topological polar surface area (TPSA) is 36.3 Å². The highest BCUT2D eigenvalue weighted by molar-refractivity contribution is 9.13. The minimum Gasteiger partial charge on any atom is -0.382 e. The molecular weight excluding hydrogens is 316 g/mol. The largest absolute Gasteiger partial charge is 0.382 e. The standard InChI is InChI=1S/C8H12Br2N2O2/c1-13-4-5-14-3-2-12-6-7(9)8(10)11-12/h6H,2-5H2,1H3. The zero-order valence-electron chi connectivity index (χ0n) is 7.87. The van der Waals surface area contributed by atoms with E-state index in [2.05, 4.69) is 37.0 Å². The van der Waals surface area contributed by atoms with E-state index in [9.17, 15) is 0 Å². The van der Waals surface area contributed by atoms with Crippen molar-refractivity contribution in [2.24, 2.45) is 0 Å². The van der Waals surface area contributed by atoms with Crippen LogP contribution in [0.4, 0.5) is 0 Å². The second kappa shape index (κ2) is 6.55. The quantitative estimate of drug-likeness (QED) is 0.750. The Labute approximate surface area is 99.8 Å². The van der Waals surface area contributed by atoms with E-state index in [1.807, 2.05) is 10.9 Å². The lowest BCUT2D eigenvalue weighted by Gasteiger charge is -2.03. The van der Waals surface area contributed by atoms with Crippen molar-refractivity contribution >= 4 is 31.9 Å². The molecule has 1 aromatic heterocycles. The molecule has 0 N–H and O–H groups in total. The van der Waals surface area contributed by atoms with E-state index in [4.69, 9.17) is 9.47 Å². The van der Waals surface area contributed by atoms with Gasteiger partial charge in [-0.25, -0.2) is 0 Å². The van der Waals surface area contributed by atoms with Gasteiger partial charge in [0, 0.05) is 13.3 Å². The van der Waals surface area contributed by atoms with Crippen LogP contribution in [-0.4, -0.2) is 36.7 Å². The molecule has 0 atom stereocenters. The summed E-state index contributed by atoms with van der Waals surface area (Å²) in [5, 5.41) is 4.20. The van der Waals surface area contributed by atoms with Crippen LogP contribution in [0.1, 0.15) is 0 Å². The van der Waals surface area contributed by atoms with Crippen molar-refractivity contribution in [2.75, 3.05) is 26.9 Å². The molecule has 0 unspecified atom stereocenters. The first-order valence-electron chi connectivity index (χ1n) is 4.19. The van der Waals surface area contributed by atoms with Gasteiger partial charge in [0.15, 0.2) is 0 Å². The first-order chi connectivity index (χ1) is 6.74. The van der Waals surface area contributed by atoms with Crippen molar-refractivity contribution in [3.05, 3.63) is 15.3 Å². The van der Waals surface area contributed by atoms with Crippen LogP contribution in [0.3, 0.4) is 0 Å². The summed E-state index contributed by atoms with van der Waals surface area (Å²) >= 11 is 6.67. The Morgan fingerprint density at radius 2 is 2.14 bits per heavy atom. The van der Waals surface area contributed by atoms with Crippen LogP contribution < -0.4 is 0 Å². The van der Waals surface area contributed by atoms with Gasteiger partial charge in [-0.1, -0.05) is 0 Å². The van der Waals surface area contributed by atoms with Crippen molar-refractivity contribution in [3.8, 4) is 0 Å². The smallest absolute Gasteiger partial charge is 0.142 e. The molecule has 0 radical (unpaired) electrons. The molecular formula is C8H12Br2N2O2. The predicted molar refractivity (Wildman–Crippen MR) is 60.3 cm³/mol. The number of hydrogen-bond acceptors (Lipinski definition) is 3.